The van der Waals surface area contributed by atoms with Gasteiger partial charge in [-0.3, -0.25) is 22.7 Å². The summed E-state index contributed by atoms with van der Waals surface area (Å²) in [6.45, 7) is 9.70. The van der Waals surface area contributed by atoms with Crippen LogP contribution >= 0.6 is 23.2 Å². The van der Waals surface area contributed by atoms with E-state index in [1.165, 1.54) is 22.3 Å². The molecule has 4 bridgehead atoms. The molecule has 0 saturated heterocycles. The van der Waals surface area contributed by atoms with Gasteiger partial charge in [-0.2, -0.15) is 16.8 Å². The number of ether oxygens (including phenoxy) is 2. The van der Waals surface area contributed by atoms with Crippen LogP contribution in [0.1, 0.15) is 161 Å². The van der Waals surface area contributed by atoms with E-state index < -0.39 is 73.5 Å². The van der Waals surface area contributed by atoms with Crippen molar-refractivity contribution in [1.82, 2.24) is 9.44 Å². The van der Waals surface area contributed by atoms with E-state index in [0.717, 1.165) is 76.0 Å². The zero-order chi connectivity index (χ0) is 67.6. The quantitative estimate of drug-likeness (QED) is 0.103. The normalized spacial score (nSPS) is 33.6. The molecule has 25 heteroatoms. The minimum atomic E-state index is -4.03. The van der Waals surface area contributed by atoms with Crippen molar-refractivity contribution in [3.05, 3.63) is 116 Å². The van der Waals surface area contributed by atoms with Crippen molar-refractivity contribution in [2.45, 2.75) is 163 Å². The average molecular weight is 1420 g/mol. The number of nitrogens with zero attached hydrogens (tertiary/aromatic N) is 2. The Labute approximate surface area is 566 Å². The van der Waals surface area contributed by atoms with Gasteiger partial charge in [-0.05, 0) is 228 Å². The van der Waals surface area contributed by atoms with Crippen LogP contribution in [0.5, 0.6) is 11.5 Å². The zero-order valence-corrected chi connectivity index (χ0v) is 59.5. The lowest BCUT2D eigenvalue weighted by Gasteiger charge is -2.50. The van der Waals surface area contributed by atoms with E-state index in [9.17, 15) is 49.3 Å². The molecular weight excluding hydrogens is 1320 g/mol. The number of aliphatic hydroxyl groups is 2. The molecular formula is C69H92Cl2N4O15S4. The smallest absolute Gasteiger partial charge is 0.264 e. The van der Waals surface area contributed by atoms with Crippen LogP contribution in [0.2, 0.25) is 10.0 Å². The van der Waals surface area contributed by atoms with Gasteiger partial charge >= 0.3 is 0 Å². The van der Waals surface area contributed by atoms with Gasteiger partial charge in [0.1, 0.15) is 11.5 Å². The number of hydrogen-bond donors (Lipinski definition) is 4. The number of fused-ring (bicyclic) bond motifs is 8. The number of amides is 2. The number of aryl methyl sites for hydroxylation is 2. The molecule has 516 valence electrons. The van der Waals surface area contributed by atoms with Crippen LogP contribution in [-0.4, -0.2) is 144 Å². The Kier molecular flexibility index (Phi) is 20.4. The van der Waals surface area contributed by atoms with Gasteiger partial charge in [0.2, 0.25) is 10.0 Å². The van der Waals surface area contributed by atoms with Crippen LogP contribution in [0, 0.1) is 35.5 Å². The van der Waals surface area contributed by atoms with E-state index in [2.05, 4.69) is 43.3 Å². The summed E-state index contributed by atoms with van der Waals surface area (Å²) in [7, 11) is -14.6. The third-order valence-electron chi connectivity index (χ3n) is 22.5. The minimum absolute atomic E-state index is 0.0153. The molecule has 4 aliphatic carbocycles. The first kappa shape index (κ1) is 70.6. The highest BCUT2D eigenvalue weighted by molar-refractivity contribution is 7.99. The van der Waals surface area contributed by atoms with Crippen molar-refractivity contribution in [2.75, 3.05) is 74.9 Å². The molecule has 4 N–H and O–H groups in total. The zero-order valence-electron chi connectivity index (χ0n) is 54.7. The van der Waals surface area contributed by atoms with Gasteiger partial charge in [-0.1, -0.05) is 62.0 Å². The molecule has 4 aromatic carbocycles. The standard InChI is InChI=1S/C35H47ClN2O7S2.C34H45ClN2O8S2/c1-23-7-5-16-35(40,22-45-47(4,42)43)30-12-9-27(30)19-38-20-34(15-6-8-25-17-28(36)11-13-29(25)34)21-44-32-14-10-26(18-31(32)38)33(39)37-46(3,41)24(23)2;1-22-6-4-15-34(39,21-45-46(3,40)41)29-11-8-26(29)18-37-19-33(14-5-7-24-16-27(35)10-12-28(24)33)20-44-31-13-9-25(17-30(31)37)32(38)36-47(42,43)23(22)2/h10-11,13-14,17-18,23-24,27,30,40H,3,5-9,12,15-16,19-22H2,1-2,4H3,(H,37,39,41);9-10,12-13,16-17,22-23,26,29,39H,4-8,11,14-15,18-21H2,1-3H3,(H,36,38)/t23-,24+,27-,30+,34-,35-,46?;22-,23+,26-,29+,33-,34+/m00/s1. The van der Waals surface area contributed by atoms with Crippen molar-refractivity contribution in [1.29, 1.82) is 0 Å². The second-order valence-electron chi connectivity index (χ2n) is 28.9. The van der Waals surface area contributed by atoms with E-state index in [1.807, 2.05) is 44.2 Å². The van der Waals surface area contributed by atoms with Crippen LogP contribution in [0.4, 0.5) is 11.4 Å². The molecule has 4 aromatic rings. The summed E-state index contributed by atoms with van der Waals surface area (Å²) >= 11 is 12.8. The predicted octanol–water partition coefficient (Wildman–Crippen LogP) is 9.93. The van der Waals surface area contributed by atoms with Gasteiger partial charge in [0, 0.05) is 63.4 Å². The number of rotatable bonds is 6. The van der Waals surface area contributed by atoms with E-state index in [-0.39, 0.29) is 71.5 Å². The summed E-state index contributed by atoms with van der Waals surface area (Å²) in [4.78, 5) is 31.6. The second-order valence-corrected chi connectivity index (χ2v) is 37.5. The average Bonchev–Trinajstić information content (AvgIpc) is 1.45. The van der Waals surface area contributed by atoms with Crippen LogP contribution < -0.4 is 28.7 Å². The molecule has 13 atom stereocenters. The lowest BCUT2D eigenvalue weighted by atomic mass is 9.63. The number of hydrogen-bond acceptors (Lipinski definition) is 17. The number of sulfonamides is 1. The van der Waals surface area contributed by atoms with Crippen LogP contribution in [0.3, 0.4) is 0 Å². The SMILES string of the molecule is C=S1(=O)NC(=O)c2ccc3c(c2)N(C[C@@H]2CC[C@H]2[C@@](O)(COS(C)(=O)=O)CCC[C@H](C)[C@H]1C)C[C@@]1(CCCc2cc(Cl)ccc21)CO3.C[C@@H]1[C@@H](C)CCC[C@@](O)(COS(C)(=O)=O)[C@@H]2CC[C@H]2CN2C[C@@]3(CCCc4cc(Cl)ccc43)COc3ccc(cc32)C(=O)NS1(=O)=O. The Hall–Kier alpha value is -4.69. The van der Waals surface area contributed by atoms with Crippen molar-refractivity contribution < 1.29 is 67.1 Å². The topological polar surface area (TPSA) is 262 Å². The van der Waals surface area contributed by atoms with Gasteiger partial charge in [0.25, 0.3) is 32.1 Å². The summed E-state index contributed by atoms with van der Waals surface area (Å²) in [6.07, 6.45) is 13.5. The lowest BCUT2D eigenvalue weighted by Crippen LogP contribution is -2.55. The molecule has 0 aromatic heterocycles. The molecule has 2 spiro atoms. The van der Waals surface area contributed by atoms with Crippen molar-refractivity contribution >= 4 is 92.2 Å². The fourth-order valence-corrected chi connectivity index (χ4v) is 20.5. The van der Waals surface area contributed by atoms with Crippen molar-refractivity contribution in [3.63, 3.8) is 0 Å². The Morgan fingerprint density at radius 1 is 0.585 bits per heavy atom. The molecule has 4 heterocycles. The molecule has 12 rings (SSSR count). The van der Waals surface area contributed by atoms with Gasteiger partial charge in [0.05, 0.1) is 76.5 Å². The summed E-state index contributed by atoms with van der Waals surface area (Å²) in [5.41, 5.74) is 3.36. The lowest BCUT2D eigenvalue weighted by molar-refractivity contribution is -0.111. The maximum atomic E-state index is 13.8. The van der Waals surface area contributed by atoms with Gasteiger partial charge in [0.15, 0.2) is 0 Å². The van der Waals surface area contributed by atoms with Gasteiger partial charge in [-0.25, -0.2) is 17.3 Å². The monoisotopic (exact) mass is 1410 g/mol. The summed E-state index contributed by atoms with van der Waals surface area (Å²) in [6, 6.07) is 22.5. The first-order valence-electron chi connectivity index (χ1n) is 33.2. The van der Waals surface area contributed by atoms with Crippen LogP contribution in [0.15, 0.2) is 72.8 Å². The summed E-state index contributed by atoms with van der Waals surface area (Å²) in [5, 5.41) is 24.4. The highest BCUT2D eigenvalue weighted by Gasteiger charge is 2.52. The van der Waals surface area contributed by atoms with Gasteiger partial charge in [-0.15, -0.1) is 0 Å². The number of anilines is 2. The Morgan fingerprint density at radius 2 is 1.01 bits per heavy atom. The van der Waals surface area contributed by atoms with Crippen LogP contribution in [-0.2, 0) is 72.0 Å². The predicted molar refractivity (Wildman–Crippen MR) is 368 cm³/mol. The van der Waals surface area contributed by atoms with E-state index in [0.29, 0.717) is 111 Å². The molecule has 8 aliphatic rings. The molecule has 4 aliphatic heterocycles. The fraction of sp³-hybridized carbons (Fsp3) is 0.609. The number of carbonyl (C=O) groups excluding carboxylic acids is 2. The van der Waals surface area contributed by atoms with E-state index >= 15 is 0 Å². The molecule has 1 unspecified atom stereocenters. The molecule has 94 heavy (non-hydrogen) atoms. The summed E-state index contributed by atoms with van der Waals surface area (Å²) in [5.74, 6) is 3.31. The molecule has 2 saturated carbocycles. The maximum absolute atomic E-state index is 13.8. The van der Waals surface area contributed by atoms with E-state index in [4.69, 9.17) is 41.0 Å². The maximum Gasteiger partial charge on any atom is 0.264 e. The highest BCUT2D eigenvalue weighted by atomic mass is 35.5. The number of nitrogens with one attached hydrogen (secondary N) is 2. The van der Waals surface area contributed by atoms with Gasteiger partial charge < -0.3 is 29.5 Å². The first-order valence-corrected chi connectivity index (χ1v) is 40.9. The molecule has 0 radical (unpaired) electrons. The largest absolute Gasteiger partial charge is 0.490 e. The highest BCUT2D eigenvalue weighted by Crippen LogP contribution is 2.52. The Morgan fingerprint density at radius 3 is 1.43 bits per heavy atom. The van der Waals surface area contributed by atoms with E-state index in [1.54, 1.807) is 38.1 Å². The third-order valence-corrected chi connectivity index (χ3v) is 28.2. The Bertz CT molecular complexity index is 3760. The van der Waals surface area contributed by atoms with Crippen molar-refractivity contribution in [3.8, 4) is 11.5 Å². The summed E-state index contributed by atoms with van der Waals surface area (Å²) < 4.78 is 117. The Balaban J connectivity index is 0.000000192. The molecule has 19 nitrogen and oxygen atoms in total. The number of halogens is 2. The number of benzene rings is 4. The first-order chi connectivity index (χ1) is 44.2. The minimum Gasteiger partial charge on any atom is -0.490 e. The molecule has 2 amide bonds. The molecule has 2 fully saturated rings. The second kappa shape index (κ2) is 27.2. The third kappa shape index (κ3) is 15.1. The van der Waals surface area contributed by atoms with Crippen molar-refractivity contribution in [2.24, 2.45) is 35.5 Å². The fourth-order valence-electron chi connectivity index (χ4n) is 16.4. The number of carbonyl (C=O) groups is 2. The van der Waals surface area contributed by atoms with Crippen LogP contribution in [0.25, 0.3) is 0 Å².